The molecule has 0 amide bonds. The molecule has 104 valence electrons. The van der Waals surface area contributed by atoms with Gasteiger partial charge >= 0.3 is 0 Å². The maximum atomic E-state index is 10.4. The standard InChI is InChI=1S/C15H26O3/c1-11(8-10-16)5-6-13-12(14(2,3)17)7-9-15(13,4)18/h5-6,8,12-13,16-18H,7,9-10H2,1-4H3. The zero-order valence-corrected chi connectivity index (χ0v) is 11.8. The minimum absolute atomic E-state index is 0.0200. The summed E-state index contributed by atoms with van der Waals surface area (Å²) in [5.41, 5.74) is -0.584. The van der Waals surface area contributed by atoms with E-state index < -0.39 is 11.2 Å². The summed E-state index contributed by atoms with van der Waals surface area (Å²) < 4.78 is 0. The third-order valence-electron chi connectivity index (χ3n) is 4.00. The SMILES string of the molecule is CC(C=CC1C(C(C)(C)O)CCC1(C)O)=CCO. The van der Waals surface area contributed by atoms with Crippen molar-refractivity contribution >= 4 is 0 Å². The van der Waals surface area contributed by atoms with Crippen LogP contribution in [0, 0.1) is 11.8 Å². The summed E-state index contributed by atoms with van der Waals surface area (Å²) in [5.74, 6) is 0.00483. The molecule has 3 unspecified atom stereocenters. The van der Waals surface area contributed by atoms with Gasteiger partial charge in [-0.25, -0.2) is 0 Å². The van der Waals surface area contributed by atoms with Gasteiger partial charge in [-0.15, -0.1) is 0 Å². The average molecular weight is 254 g/mol. The highest BCUT2D eigenvalue weighted by molar-refractivity contribution is 5.20. The lowest BCUT2D eigenvalue weighted by Gasteiger charge is -2.33. The monoisotopic (exact) mass is 254 g/mol. The zero-order chi connectivity index (χ0) is 14.0. The van der Waals surface area contributed by atoms with Crippen molar-refractivity contribution in [2.45, 2.75) is 51.7 Å². The highest BCUT2D eigenvalue weighted by Crippen LogP contribution is 2.46. The minimum Gasteiger partial charge on any atom is -0.392 e. The van der Waals surface area contributed by atoms with Crippen LogP contribution in [-0.4, -0.2) is 33.1 Å². The van der Waals surface area contributed by atoms with Gasteiger partial charge in [-0.2, -0.15) is 0 Å². The molecule has 0 aromatic heterocycles. The maximum Gasteiger partial charge on any atom is 0.0686 e. The highest BCUT2D eigenvalue weighted by Gasteiger charge is 2.47. The summed E-state index contributed by atoms with van der Waals surface area (Å²) in [6.07, 6.45) is 7.14. The van der Waals surface area contributed by atoms with E-state index >= 15 is 0 Å². The molecule has 1 aliphatic carbocycles. The van der Waals surface area contributed by atoms with Gasteiger partial charge in [0.05, 0.1) is 17.8 Å². The van der Waals surface area contributed by atoms with Gasteiger partial charge in [-0.1, -0.05) is 23.8 Å². The number of aliphatic hydroxyl groups excluding tert-OH is 1. The first-order valence-electron chi connectivity index (χ1n) is 6.59. The Bertz CT molecular complexity index is 334. The van der Waals surface area contributed by atoms with Gasteiger partial charge in [-0.05, 0) is 46.5 Å². The van der Waals surface area contributed by atoms with Crippen molar-refractivity contribution in [1.82, 2.24) is 0 Å². The van der Waals surface area contributed by atoms with Crippen LogP contribution in [0.2, 0.25) is 0 Å². The van der Waals surface area contributed by atoms with Crippen LogP contribution in [-0.2, 0) is 0 Å². The van der Waals surface area contributed by atoms with Gasteiger partial charge in [0.25, 0.3) is 0 Å². The van der Waals surface area contributed by atoms with Gasteiger partial charge < -0.3 is 15.3 Å². The van der Waals surface area contributed by atoms with E-state index in [1.807, 2.05) is 26.0 Å². The number of allylic oxidation sites excluding steroid dienone is 2. The van der Waals surface area contributed by atoms with Gasteiger partial charge in [0.1, 0.15) is 0 Å². The van der Waals surface area contributed by atoms with E-state index in [1.165, 1.54) is 0 Å². The lowest BCUT2D eigenvalue weighted by molar-refractivity contribution is -0.0294. The van der Waals surface area contributed by atoms with E-state index in [4.69, 9.17) is 5.11 Å². The Morgan fingerprint density at radius 1 is 1.44 bits per heavy atom. The molecule has 0 aromatic rings. The molecular weight excluding hydrogens is 228 g/mol. The smallest absolute Gasteiger partial charge is 0.0686 e. The topological polar surface area (TPSA) is 60.7 Å². The average Bonchev–Trinajstić information content (AvgIpc) is 2.50. The lowest BCUT2D eigenvalue weighted by atomic mass is 9.78. The van der Waals surface area contributed by atoms with Crippen molar-refractivity contribution in [2.75, 3.05) is 6.61 Å². The Hall–Kier alpha value is -0.640. The van der Waals surface area contributed by atoms with Crippen molar-refractivity contribution in [3.05, 3.63) is 23.8 Å². The summed E-state index contributed by atoms with van der Waals surface area (Å²) in [5, 5.41) is 29.4. The second-order valence-electron chi connectivity index (χ2n) is 6.17. The van der Waals surface area contributed by atoms with Crippen molar-refractivity contribution < 1.29 is 15.3 Å². The van der Waals surface area contributed by atoms with Crippen molar-refractivity contribution in [3.8, 4) is 0 Å². The molecule has 3 atom stereocenters. The number of aliphatic hydroxyl groups is 3. The molecule has 1 fully saturated rings. The molecule has 3 N–H and O–H groups in total. The number of rotatable bonds is 4. The molecule has 0 aromatic carbocycles. The summed E-state index contributed by atoms with van der Waals surface area (Å²) in [4.78, 5) is 0. The fourth-order valence-electron chi connectivity index (χ4n) is 2.83. The molecule has 0 heterocycles. The first kappa shape index (κ1) is 15.4. The Kier molecular flexibility index (Phi) is 4.76. The number of hydrogen-bond donors (Lipinski definition) is 3. The minimum atomic E-state index is -0.788. The number of hydrogen-bond acceptors (Lipinski definition) is 3. The third-order valence-corrected chi connectivity index (χ3v) is 4.00. The van der Waals surface area contributed by atoms with Crippen LogP contribution in [0.15, 0.2) is 23.8 Å². The normalized spacial score (nSPS) is 34.5. The van der Waals surface area contributed by atoms with Crippen LogP contribution in [0.4, 0.5) is 0 Å². The molecule has 1 saturated carbocycles. The van der Waals surface area contributed by atoms with E-state index in [2.05, 4.69) is 0 Å². The van der Waals surface area contributed by atoms with Crippen molar-refractivity contribution in [2.24, 2.45) is 11.8 Å². The molecule has 0 bridgehead atoms. The second-order valence-corrected chi connectivity index (χ2v) is 6.17. The summed E-state index contributed by atoms with van der Waals surface area (Å²) in [6, 6.07) is 0. The van der Waals surface area contributed by atoms with Crippen molar-refractivity contribution in [3.63, 3.8) is 0 Å². The van der Waals surface area contributed by atoms with Crippen LogP contribution >= 0.6 is 0 Å². The van der Waals surface area contributed by atoms with Gasteiger partial charge in [-0.3, -0.25) is 0 Å². The predicted octanol–water partition coefficient (Wildman–Crippen LogP) is 2.03. The summed E-state index contributed by atoms with van der Waals surface area (Å²) >= 11 is 0. The first-order valence-corrected chi connectivity index (χ1v) is 6.59. The molecule has 0 spiro atoms. The van der Waals surface area contributed by atoms with Crippen LogP contribution in [0.5, 0.6) is 0 Å². The molecule has 0 aliphatic heterocycles. The van der Waals surface area contributed by atoms with E-state index in [0.717, 1.165) is 12.0 Å². The van der Waals surface area contributed by atoms with Crippen LogP contribution < -0.4 is 0 Å². The van der Waals surface area contributed by atoms with Crippen LogP contribution in [0.25, 0.3) is 0 Å². The molecule has 3 nitrogen and oxygen atoms in total. The largest absolute Gasteiger partial charge is 0.392 e. The lowest BCUT2D eigenvalue weighted by Crippen LogP contribution is -2.39. The fraction of sp³-hybridized carbons (Fsp3) is 0.733. The fourth-order valence-corrected chi connectivity index (χ4v) is 2.83. The van der Waals surface area contributed by atoms with Crippen LogP contribution in [0.3, 0.4) is 0 Å². The third kappa shape index (κ3) is 3.67. The van der Waals surface area contributed by atoms with E-state index in [-0.39, 0.29) is 18.4 Å². The Balaban J connectivity index is 2.90. The van der Waals surface area contributed by atoms with Crippen molar-refractivity contribution in [1.29, 1.82) is 0 Å². The molecule has 0 saturated heterocycles. The van der Waals surface area contributed by atoms with E-state index in [9.17, 15) is 10.2 Å². The van der Waals surface area contributed by atoms with E-state index in [1.54, 1.807) is 19.9 Å². The maximum absolute atomic E-state index is 10.4. The van der Waals surface area contributed by atoms with Gasteiger partial charge in [0.2, 0.25) is 0 Å². The first-order chi connectivity index (χ1) is 8.18. The second kappa shape index (κ2) is 5.55. The highest BCUT2D eigenvalue weighted by atomic mass is 16.3. The molecule has 18 heavy (non-hydrogen) atoms. The Morgan fingerprint density at radius 3 is 2.56 bits per heavy atom. The van der Waals surface area contributed by atoms with E-state index in [0.29, 0.717) is 6.42 Å². The molecule has 1 rings (SSSR count). The van der Waals surface area contributed by atoms with Gasteiger partial charge in [0.15, 0.2) is 0 Å². The molecule has 3 heteroatoms. The Labute approximate surface area is 110 Å². The quantitative estimate of drug-likeness (QED) is 0.673. The molecular formula is C15H26O3. The molecule has 1 aliphatic rings. The summed E-state index contributed by atoms with van der Waals surface area (Å²) in [6.45, 7) is 7.37. The summed E-state index contributed by atoms with van der Waals surface area (Å²) in [7, 11) is 0. The molecule has 0 radical (unpaired) electrons. The Morgan fingerprint density at radius 2 is 2.06 bits per heavy atom. The predicted molar refractivity (Wildman–Crippen MR) is 73.1 cm³/mol. The van der Waals surface area contributed by atoms with Gasteiger partial charge in [0, 0.05) is 5.92 Å². The van der Waals surface area contributed by atoms with Crippen LogP contribution in [0.1, 0.15) is 40.5 Å². The zero-order valence-electron chi connectivity index (χ0n) is 11.8.